The van der Waals surface area contributed by atoms with Crippen LogP contribution in [0.1, 0.15) is 31.2 Å². The molecule has 1 aromatic rings. The van der Waals surface area contributed by atoms with E-state index in [1.165, 1.54) is 13.2 Å². The maximum absolute atomic E-state index is 13.6. The molecule has 0 spiro atoms. The molecule has 2 amide bonds. The van der Waals surface area contributed by atoms with Crippen LogP contribution >= 0.6 is 0 Å². The summed E-state index contributed by atoms with van der Waals surface area (Å²) in [5, 5.41) is 12.7. The Hall–Kier alpha value is -1.82. The topological polar surface area (TPSA) is 61.8 Å². The summed E-state index contributed by atoms with van der Waals surface area (Å²) in [5.74, 6) is -0.126. The summed E-state index contributed by atoms with van der Waals surface area (Å²) in [4.78, 5) is 13.7. The van der Waals surface area contributed by atoms with E-state index in [1.807, 2.05) is 0 Å². The van der Waals surface area contributed by atoms with Crippen LogP contribution in [-0.2, 0) is 6.54 Å². The molecular formula is C17H25FN2O3. The first-order valence-corrected chi connectivity index (χ1v) is 8.00. The Morgan fingerprint density at radius 1 is 1.43 bits per heavy atom. The van der Waals surface area contributed by atoms with E-state index in [-0.39, 0.29) is 30.3 Å². The summed E-state index contributed by atoms with van der Waals surface area (Å²) < 4.78 is 18.5. The highest BCUT2D eigenvalue weighted by Crippen LogP contribution is 2.25. The standard InChI is InChI=1S/C17H25FN2O3/c1-20(11-13-5-3-4-6-15(13)21)17(22)19-10-12-7-8-16(23-2)14(18)9-12/h7-9,13,15,21H,3-6,10-11H2,1-2H3,(H,19,22). The Bertz CT molecular complexity index is 539. The molecule has 0 aromatic heterocycles. The van der Waals surface area contributed by atoms with Crippen molar-refractivity contribution in [3.05, 3.63) is 29.6 Å². The highest BCUT2D eigenvalue weighted by Gasteiger charge is 2.25. The Labute approximate surface area is 136 Å². The van der Waals surface area contributed by atoms with Crippen LogP contribution in [0.4, 0.5) is 9.18 Å². The number of ether oxygens (including phenoxy) is 1. The summed E-state index contributed by atoms with van der Waals surface area (Å²) in [6.07, 6.45) is 3.59. The number of carbonyl (C=O) groups excluding carboxylic acids is 1. The average Bonchev–Trinajstić information content (AvgIpc) is 2.54. The highest BCUT2D eigenvalue weighted by molar-refractivity contribution is 5.73. The first-order valence-electron chi connectivity index (χ1n) is 8.00. The second-order valence-corrected chi connectivity index (χ2v) is 6.12. The molecule has 0 aliphatic heterocycles. The van der Waals surface area contributed by atoms with Crippen LogP contribution in [0.2, 0.25) is 0 Å². The van der Waals surface area contributed by atoms with Gasteiger partial charge in [-0.3, -0.25) is 0 Å². The summed E-state index contributed by atoms with van der Waals surface area (Å²) >= 11 is 0. The summed E-state index contributed by atoms with van der Waals surface area (Å²) in [6.45, 7) is 0.779. The third-order valence-electron chi connectivity index (χ3n) is 4.38. The fourth-order valence-electron chi connectivity index (χ4n) is 2.97. The smallest absolute Gasteiger partial charge is 0.317 e. The summed E-state index contributed by atoms with van der Waals surface area (Å²) in [7, 11) is 3.12. The first kappa shape index (κ1) is 17.5. The molecular weight excluding hydrogens is 299 g/mol. The van der Waals surface area contributed by atoms with Gasteiger partial charge in [0.15, 0.2) is 11.6 Å². The van der Waals surface area contributed by atoms with E-state index in [4.69, 9.17) is 4.74 Å². The van der Waals surface area contributed by atoms with Crippen LogP contribution in [0.15, 0.2) is 18.2 Å². The van der Waals surface area contributed by atoms with Crippen molar-refractivity contribution in [1.29, 1.82) is 0 Å². The molecule has 1 fully saturated rings. The third kappa shape index (κ3) is 4.82. The molecule has 2 unspecified atom stereocenters. The molecule has 2 N–H and O–H groups in total. The second-order valence-electron chi connectivity index (χ2n) is 6.12. The van der Waals surface area contributed by atoms with E-state index >= 15 is 0 Å². The van der Waals surface area contributed by atoms with Gasteiger partial charge in [-0.1, -0.05) is 18.9 Å². The Morgan fingerprint density at radius 2 is 2.17 bits per heavy atom. The lowest BCUT2D eigenvalue weighted by molar-refractivity contribution is 0.0565. The van der Waals surface area contributed by atoms with Crippen LogP contribution < -0.4 is 10.1 Å². The maximum Gasteiger partial charge on any atom is 0.317 e. The van der Waals surface area contributed by atoms with Crippen molar-refractivity contribution >= 4 is 6.03 Å². The second kappa shape index (κ2) is 8.15. The minimum absolute atomic E-state index is 0.137. The van der Waals surface area contributed by atoms with E-state index in [0.29, 0.717) is 12.1 Å². The molecule has 0 saturated heterocycles. The number of amides is 2. The minimum atomic E-state index is -0.446. The number of halogens is 1. The molecule has 0 heterocycles. The largest absolute Gasteiger partial charge is 0.494 e. The van der Waals surface area contributed by atoms with Crippen molar-refractivity contribution in [2.24, 2.45) is 5.92 Å². The monoisotopic (exact) mass is 324 g/mol. The molecule has 0 bridgehead atoms. The Kier molecular flexibility index (Phi) is 6.21. The predicted molar refractivity (Wildman–Crippen MR) is 85.8 cm³/mol. The van der Waals surface area contributed by atoms with Gasteiger partial charge in [0, 0.05) is 26.1 Å². The number of hydrogen-bond acceptors (Lipinski definition) is 3. The molecule has 1 aliphatic rings. The van der Waals surface area contributed by atoms with Gasteiger partial charge in [0.1, 0.15) is 0 Å². The number of methoxy groups -OCH3 is 1. The van der Waals surface area contributed by atoms with E-state index in [9.17, 15) is 14.3 Å². The van der Waals surface area contributed by atoms with Gasteiger partial charge in [0.2, 0.25) is 0 Å². The molecule has 128 valence electrons. The molecule has 5 nitrogen and oxygen atoms in total. The number of aliphatic hydroxyl groups is 1. The molecule has 1 aliphatic carbocycles. The van der Waals surface area contributed by atoms with Crippen LogP contribution in [0.3, 0.4) is 0 Å². The number of hydrogen-bond donors (Lipinski definition) is 2. The third-order valence-corrected chi connectivity index (χ3v) is 4.38. The van der Waals surface area contributed by atoms with Crippen molar-refractivity contribution in [3.8, 4) is 5.75 Å². The van der Waals surface area contributed by atoms with Crippen molar-refractivity contribution in [2.75, 3.05) is 20.7 Å². The van der Waals surface area contributed by atoms with Gasteiger partial charge in [-0.15, -0.1) is 0 Å². The summed E-state index contributed by atoms with van der Waals surface area (Å²) in [6, 6.07) is 4.38. The van der Waals surface area contributed by atoms with Crippen molar-refractivity contribution in [3.63, 3.8) is 0 Å². The van der Waals surface area contributed by atoms with E-state index in [2.05, 4.69) is 5.32 Å². The number of carbonyl (C=O) groups is 1. The number of urea groups is 1. The van der Waals surface area contributed by atoms with Crippen molar-refractivity contribution < 1.29 is 19.0 Å². The lowest BCUT2D eigenvalue weighted by atomic mass is 9.86. The molecule has 0 radical (unpaired) electrons. The summed E-state index contributed by atoms with van der Waals surface area (Å²) in [5.41, 5.74) is 0.669. The van der Waals surface area contributed by atoms with Gasteiger partial charge in [0.05, 0.1) is 13.2 Å². The van der Waals surface area contributed by atoms with Gasteiger partial charge in [0.25, 0.3) is 0 Å². The predicted octanol–water partition coefficient (Wildman–Crippen LogP) is 2.53. The van der Waals surface area contributed by atoms with Gasteiger partial charge >= 0.3 is 6.03 Å². The zero-order valence-corrected chi connectivity index (χ0v) is 13.7. The van der Waals surface area contributed by atoms with Crippen LogP contribution in [0.25, 0.3) is 0 Å². The Morgan fingerprint density at radius 3 is 2.83 bits per heavy atom. The minimum Gasteiger partial charge on any atom is -0.494 e. The van der Waals surface area contributed by atoms with Crippen LogP contribution in [-0.4, -0.2) is 42.8 Å². The molecule has 23 heavy (non-hydrogen) atoms. The van der Waals surface area contributed by atoms with Crippen LogP contribution in [0.5, 0.6) is 5.75 Å². The normalized spacial score (nSPS) is 20.9. The number of benzene rings is 1. The average molecular weight is 324 g/mol. The molecule has 6 heteroatoms. The van der Waals surface area contributed by atoms with Gasteiger partial charge in [-0.05, 0) is 30.5 Å². The molecule has 2 rings (SSSR count). The molecule has 1 aromatic carbocycles. The quantitative estimate of drug-likeness (QED) is 0.875. The van der Waals surface area contributed by atoms with Gasteiger partial charge in [-0.2, -0.15) is 0 Å². The number of rotatable bonds is 5. The number of nitrogens with zero attached hydrogens (tertiary/aromatic N) is 1. The zero-order chi connectivity index (χ0) is 16.8. The lowest BCUT2D eigenvalue weighted by Gasteiger charge is -2.31. The van der Waals surface area contributed by atoms with E-state index in [0.717, 1.165) is 25.7 Å². The number of nitrogens with one attached hydrogen (secondary N) is 1. The SMILES string of the molecule is COc1ccc(CNC(=O)N(C)CC2CCCCC2O)cc1F. The van der Waals surface area contributed by atoms with Crippen molar-refractivity contribution in [2.45, 2.75) is 38.3 Å². The maximum atomic E-state index is 13.6. The zero-order valence-electron chi connectivity index (χ0n) is 13.7. The highest BCUT2D eigenvalue weighted by atomic mass is 19.1. The van der Waals surface area contributed by atoms with Gasteiger partial charge < -0.3 is 20.1 Å². The first-order chi connectivity index (χ1) is 11.0. The van der Waals surface area contributed by atoms with E-state index < -0.39 is 5.82 Å². The van der Waals surface area contributed by atoms with Crippen molar-refractivity contribution in [1.82, 2.24) is 10.2 Å². The fourth-order valence-corrected chi connectivity index (χ4v) is 2.97. The van der Waals surface area contributed by atoms with Gasteiger partial charge in [-0.25, -0.2) is 9.18 Å². The lowest BCUT2D eigenvalue weighted by Crippen LogP contribution is -2.42. The van der Waals surface area contributed by atoms with E-state index in [1.54, 1.807) is 24.1 Å². The molecule has 2 atom stereocenters. The molecule has 1 saturated carbocycles. The number of aliphatic hydroxyl groups excluding tert-OH is 1. The Balaban J connectivity index is 1.82. The van der Waals surface area contributed by atoms with Crippen LogP contribution in [0, 0.1) is 11.7 Å². The fraction of sp³-hybridized carbons (Fsp3) is 0.588.